The molecule has 13 heavy (non-hydrogen) atoms. The predicted molar refractivity (Wildman–Crippen MR) is 47.3 cm³/mol. The summed E-state index contributed by atoms with van der Waals surface area (Å²) in [6, 6.07) is 3.65. The number of hydrogen-bond acceptors (Lipinski definition) is 5. The number of nitrogens with two attached hydrogens (primary N) is 1. The smallest absolute Gasteiger partial charge is 0.423 e. The highest BCUT2D eigenvalue weighted by molar-refractivity contribution is 6.60. The van der Waals surface area contributed by atoms with E-state index in [2.05, 4.69) is 0 Å². The van der Waals surface area contributed by atoms with Crippen molar-refractivity contribution in [3.8, 4) is 0 Å². The average Bonchev–Trinajstić information content (AvgIpc) is 2.03. The van der Waals surface area contributed by atoms with Crippen molar-refractivity contribution in [3.63, 3.8) is 0 Å². The Morgan fingerprint density at radius 2 is 2.08 bits per heavy atom. The van der Waals surface area contributed by atoms with E-state index in [4.69, 9.17) is 15.8 Å². The first-order valence-corrected chi connectivity index (χ1v) is 3.42. The number of nitro benzene ring substituents is 1. The molecule has 0 saturated carbocycles. The molecule has 68 valence electrons. The van der Waals surface area contributed by atoms with Crippen LogP contribution in [0.3, 0.4) is 0 Å². The van der Waals surface area contributed by atoms with Crippen molar-refractivity contribution in [2.45, 2.75) is 0 Å². The summed E-state index contributed by atoms with van der Waals surface area (Å²) in [5.74, 6) is 0. The molecule has 6 nitrogen and oxygen atoms in total. The van der Waals surface area contributed by atoms with E-state index in [1.54, 1.807) is 0 Å². The van der Waals surface area contributed by atoms with Gasteiger partial charge in [0.25, 0.3) is 5.69 Å². The highest BCUT2D eigenvalue weighted by Gasteiger charge is 2.23. The summed E-state index contributed by atoms with van der Waals surface area (Å²) in [4.78, 5) is 9.69. The van der Waals surface area contributed by atoms with Gasteiger partial charge in [-0.3, -0.25) is 10.1 Å². The Bertz CT molecular complexity index is 341. The summed E-state index contributed by atoms with van der Waals surface area (Å²) in [5, 5.41) is 27.9. The lowest BCUT2D eigenvalue weighted by molar-refractivity contribution is -0.383. The molecule has 0 radical (unpaired) electrons. The van der Waals surface area contributed by atoms with Gasteiger partial charge in [-0.15, -0.1) is 0 Å². The monoisotopic (exact) mass is 182 g/mol. The number of nitro groups is 1. The molecule has 0 aliphatic heterocycles. The normalized spacial score (nSPS) is 9.69. The number of benzene rings is 1. The fourth-order valence-electron chi connectivity index (χ4n) is 0.937. The molecule has 0 aliphatic rings. The number of anilines is 1. The van der Waals surface area contributed by atoms with Gasteiger partial charge in [0.15, 0.2) is 0 Å². The van der Waals surface area contributed by atoms with Gasteiger partial charge in [-0.2, -0.15) is 0 Å². The number of nitrogens with zero attached hydrogens (tertiary/aromatic N) is 1. The fraction of sp³-hybridized carbons (Fsp3) is 0. The van der Waals surface area contributed by atoms with E-state index in [0.29, 0.717) is 0 Å². The summed E-state index contributed by atoms with van der Waals surface area (Å²) in [7, 11) is -1.86. The van der Waals surface area contributed by atoms with Crippen LogP contribution >= 0.6 is 0 Å². The molecule has 1 rings (SSSR count). The zero-order chi connectivity index (χ0) is 10.0. The first kappa shape index (κ1) is 9.49. The van der Waals surface area contributed by atoms with Gasteiger partial charge in [-0.1, -0.05) is 6.07 Å². The van der Waals surface area contributed by atoms with Crippen molar-refractivity contribution in [2.24, 2.45) is 0 Å². The highest BCUT2D eigenvalue weighted by atomic mass is 16.6. The number of rotatable bonds is 2. The summed E-state index contributed by atoms with van der Waals surface area (Å²) in [6.45, 7) is 0. The van der Waals surface area contributed by atoms with Crippen LogP contribution in [0.1, 0.15) is 0 Å². The molecular weight excluding hydrogens is 175 g/mol. The lowest BCUT2D eigenvalue weighted by atomic mass is 9.79. The summed E-state index contributed by atoms with van der Waals surface area (Å²) in [6.07, 6.45) is 0. The minimum absolute atomic E-state index is 0.167. The topological polar surface area (TPSA) is 110 Å². The minimum Gasteiger partial charge on any atom is -0.423 e. The van der Waals surface area contributed by atoms with E-state index in [-0.39, 0.29) is 11.2 Å². The maximum Gasteiger partial charge on any atom is 0.495 e. The van der Waals surface area contributed by atoms with Crippen molar-refractivity contribution in [3.05, 3.63) is 28.3 Å². The van der Waals surface area contributed by atoms with Gasteiger partial charge in [-0.25, -0.2) is 0 Å². The Morgan fingerprint density at radius 3 is 2.54 bits per heavy atom. The van der Waals surface area contributed by atoms with Crippen molar-refractivity contribution in [2.75, 3.05) is 5.73 Å². The fourth-order valence-corrected chi connectivity index (χ4v) is 0.937. The largest absolute Gasteiger partial charge is 0.495 e. The second-order valence-corrected chi connectivity index (χ2v) is 2.45. The molecule has 0 atom stereocenters. The van der Waals surface area contributed by atoms with E-state index in [0.717, 1.165) is 6.07 Å². The molecule has 0 bridgehead atoms. The molecule has 0 unspecified atom stereocenters. The molecular formula is C6H7BN2O4. The van der Waals surface area contributed by atoms with Gasteiger partial charge in [0.1, 0.15) is 0 Å². The molecule has 0 amide bonds. The first-order valence-electron chi connectivity index (χ1n) is 3.42. The van der Waals surface area contributed by atoms with E-state index in [1.165, 1.54) is 12.1 Å². The van der Waals surface area contributed by atoms with Crippen molar-refractivity contribution in [1.82, 2.24) is 0 Å². The molecule has 0 fully saturated rings. The molecule has 1 aromatic rings. The maximum absolute atomic E-state index is 10.4. The molecule has 4 N–H and O–H groups in total. The van der Waals surface area contributed by atoms with Crippen LogP contribution in [0.4, 0.5) is 11.4 Å². The van der Waals surface area contributed by atoms with Crippen LogP contribution < -0.4 is 11.2 Å². The Hall–Kier alpha value is -1.60. The van der Waals surface area contributed by atoms with E-state index >= 15 is 0 Å². The van der Waals surface area contributed by atoms with Gasteiger partial charge in [0.05, 0.1) is 10.4 Å². The second kappa shape index (κ2) is 3.42. The Labute approximate surface area is 73.9 Å². The lowest BCUT2D eigenvalue weighted by Crippen LogP contribution is -2.31. The summed E-state index contributed by atoms with van der Waals surface area (Å²) < 4.78 is 0. The van der Waals surface area contributed by atoms with Gasteiger partial charge >= 0.3 is 7.12 Å². The van der Waals surface area contributed by atoms with Crippen LogP contribution in [0.15, 0.2) is 18.2 Å². The number of nitrogen functional groups attached to an aromatic ring is 1. The molecule has 0 aromatic heterocycles. The van der Waals surface area contributed by atoms with Crippen LogP contribution in [0.2, 0.25) is 0 Å². The second-order valence-electron chi connectivity index (χ2n) is 2.45. The lowest BCUT2D eigenvalue weighted by Gasteiger charge is -2.01. The van der Waals surface area contributed by atoms with Crippen molar-refractivity contribution >= 4 is 24.0 Å². The van der Waals surface area contributed by atoms with E-state index < -0.39 is 17.7 Å². The average molecular weight is 182 g/mol. The SMILES string of the molecule is Nc1ccc(B(O)O)c([N+](=O)[O-])c1. The third-order valence-electron chi connectivity index (χ3n) is 1.53. The molecule has 0 spiro atoms. The van der Waals surface area contributed by atoms with E-state index in [1.807, 2.05) is 0 Å². The zero-order valence-corrected chi connectivity index (χ0v) is 6.54. The standard InChI is InChI=1S/C6H7BN2O4/c8-4-1-2-5(7(10)11)6(3-4)9(12)13/h1-3,10-11H,8H2. The summed E-state index contributed by atoms with van der Waals surface area (Å²) >= 11 is 0. The Balaban J connectivity index is 3.27. The third kappa shape index (κ3) is 1.95. The van der Waals surface area contributed by atoms with Crippen molar-refractivity contribution in [1.29, 1.82) is 0 Å². The van der Waals surface area contributed by atoms with Gasteiger partial charge < -0.3 is 15.8 Å². The van der Waals surface area contributed by atoms with Gasteiger partial charge in [0.2, 0.25) is 0 Å². The molecule has 0 saturated heterocycles. The molecule has 1 aromatic carbocycles. The molecule has 7 heteroatoms. The maximum atomic E-state index is 10.4. The van der Waals surface area contributed by atoms with Crippen LogP contribution in [-0.4, -0.2) is 22.1 Å². The quantitative estimate of drug-likeness (QED) is 0.231. The van der Waals surface area contributed by atoms with Gasteiger partial charge in [-0.05, 0) is 6.07 Å². The Morgan fingerprint density at radius 1 is 1.46 bits per heavy atom. The zero-order valence-electron chi connectivity index (χ0n) is 6.54. The molecule has 0 heterocycles. The molecule has 0 aliphatic carbocycles. The van der Waals surface area contributed by atoms with E-state index in [9.17, 15) is 10.1 Å². The Kier molecular flexibility index (Phi) is 2.50. The van der Waals surface area contributed by atoms with Gasteiger partial charge in [0, 0.05) is 11.8 Å². The van der Waals surface area contributed by atoms with Crippen LogP contribution in [0, 0.1) is 10.1 Å². The minimum atomic E-state index is -1.86. The first-order chi connectivity index (χ1) is 6.02. The summed E-state index contributed by atoms with van der Waals surface area (Å²) in [5.41, 5.74) is 4.94. The highest BCUT2D eigenvalue weighted by Crippen LogP contribution is 2.12. The third-order valence-corrected chi connectivity index (χ3v) is 1.53. The van der Waals surface area contributed by atoms with Crippen LogP contribution in [0.5, 0.6) is 0 Å². The predicted octanol–water partition coefficient (Wildman–Crippen LogP) is -1.14. The van der Waals surface area contributed by atoms with Crippen LogP contribution in [0.25, 0.3) is 0 Å². The van der Waals surface area contributed by atoms with Crippen LogP contribution in [-0.2, 0) is 0 Å². The number of hydrogen-bond donors (Lipinski definition) is 3. The van der Waals surface area contributed by atoms with Crippen molar-refractivity contribution < 1.29 is 15.0 Å².